The molecule has 21 heavy (non-hydrogen) atoms. The summed E-state index contributed by atoms with van der Waals surface area (Å²) in [5.74, 6) is -0.160. The number of hydrogen-bond acceptors (Lipinski definition) is 2. The zero-order valence-electron chi connectivity index (χ0n) is 12.5. The Morgan fingerprint density at radius 1 is 1.19 bits per heavy atom. The predicted octanol–water partition coefficient (Wildman–Crippen LogP) is 3.56. The molecule has 4 nitrogen and oxygen atoms in total. The van der Waals surface area contributed by atoms with Gasteiger partial charge in [0.25, 0.3) is 0 Å². The molecular formula is C17H19N3O. The molecule has 2 rings (SSSR count). The average molecular weight is 281 g/mol. The van der Waals surface area contributed by atoms with Crippen molar-refractivity contribution in [3.63, 3.8) is 0 Å². The third kappa shape index (κ3) is 3.48. The predicted molar refractivity (Wildman–Crippen MR) is 85.6 cm³/mol. The molecule has 0 bridgehead atoms. The number of aromatic nitrogens is 2. The number of carbonyl (C=O) groups is 1. The lowest BCUT2D eigenvalue weighted by molar-refractivity contribution is -0.111. The number of benzene rings is 1. The lowest BCUT2D eigenvalue weighted by atomic mass is 10.3. The Hall–Kier alpha value is -2.62. The van der Waals surface area contributed by atoms with E-state index in [1.807, 2.05) is 67.9 Å². The molecule has 108 valence electrons. The van der Waals surface area contributed by atoms with Gasteiger partial charge in [-0.05, 0) is 32.9 Å². The van der Waals surface area contributed by atoms with Crippen LogP contribution in [0.2, 0.25) is 0 Å². The number of nitrogens with one attached hydrogen (secondary N) is 1. The Morgan fingerprint density at radius 2 is 1.90 bits per heavy atom. The minimum Gasteiger partial charge on any atom is -0.319 e. The highest BCUT2D eigenvalue weighted by molar-refractivity contribution is 6.00. The number of carbonyl (C=O) groups excluding carboxylic acids is 1. The zero-order chi connectivity index (χ0) is 15.2. The van der Waals surface area contributed by atoms with Gasteiger partial charge in [0.05, 0.1) is 22.8 Å². The summed E-state index contributed by atoms with van der Waals surface area (Å²) in [6.07, 6.45) is 6.89. The van der Waals surface area contributed by atoms with Crippen LogP contribution in [0, 0.1) is 13.8 Å². The van der Waals surface area contributed by atoms with Crippen LogP contribution in [0.4, 0.5) is 5.69 Å². The van der Waals surface area contributed by atoms with E-state index in [2.05, 4.69) is 10.4 Å². The highest BCUT2D eigenvalue weighted by atomic mass is 16.1. The first-order chi connectivity index (χ1) is 10.1. The van der Waals surface area contributed by atoms with Crippen molar-refractivity contribution >= 4 is 11.6 Å². The maximum Gasteiger partial charge on any atom is 0.248 e. The van der Waals surface area contributed by atoms with Crippen LogP contribution in [0.15, 0.2) is 54.6 Å². The summed E-state index contributed by atoms with van der Waals surface area (Å²) in [7, 11) is 0. The van der Waals surface area contributed by atoms with Crippen LogP contribution < -0.4 is 5.32 Å². The van der Waals surface area contributed by atoms with E-state index in [-0.39, 0.29) is 5.91 Å². The fourth-order valence-corrected chi connectivity index (χ4v) is 2.06. The molecule has 0 saturated heterocycles. The summed E-state index contributed by atoms with van der Waals surface area (Å²) < 4.78 is 1.83. The topological polar surface area (TPSA) is 46.9 Å². The van der Waals surface area contributed by atoms with E-state index in [0.717, 1.165) is 22.8 Å². The maximum absolute atomic E-state index is 11.9. The molecule has 0 unspecified atom stereocenters. The Kier molecular flexibility index (Phi) is 4.72. The molecule has 0 aliphatic rings. The smallest absolute Gasteiger partial charge is 0.248 e. The number of rotatable bonds is 4. The second-order valence-corrected chi connectivity index (χ2v) is 4.67. The molecule has 0 spiro atoms. The van der Waals surface area contributed by atoms with E-state index in [1.54, 1.807) is 6.08 Å². The Bertz CT molecular complexity index is 682. The largest absolute Gasteiger partial charge is 0.319 e. The highest BCUT2D eigenvalue weighted by Gasteiger charge is 2.13. The fraction of sp³-hybridized carbons (Fsp3) is 0.176. The SMILES string of the molecule is C/C=C/C=C/C(=O)Nc1c(C)nn(-c2ccccc2)c1C. The van der Waals surface area contributed by atoms with Crippen molar-refractivity contribution in [2.24, 2.45) is 0 Å². The van der Waals surface area contributed by atoms with Gasteiger partial charge in [-0.2, -0.15) is 5.10 Å². The lowest BCUT2D eigenvalue weighted by Gasteiger charge is -2.05. The van der Waals surface area contributed by atoms with Crippen molar-refractivity contribution in [3.8, 4) is 5.69 Å². The van der Waals surface area contributed by atoms with Crippen molar-refractivity contribution < 1.29 is 4.79 Å². The van der Waals surface area contributed by atoms with Crippen molar-refractivity contribution in [3.05, 3.63) is 66.0 Å². The summed E-state index contributed by atoms with van der Waals surface area (Å²) >= 11 is 0. The molecule has 1 aromatic heterocycles. The zero-order valence-corrected chi connectivity index (χ0v) is 12.5. The van der Waals surface area contributed by atoms with Gasteiger partial charge in [-0.3, -0.25) is 4.79 Å². The number of allylic oxidation sites excluding steroid dienone is 3. The molecule has 0 aliphatic heterocycles. The second-order valence-electron chi connectivity index (χ2n) is 4.67. The van der Waals surface area contributed by atoms with Gasteiger partial charge in [0, 0.05) is 6.08 Å². The van der Waals surface area contributed by atoms with E-state index in [0.29, 0.717) is 0 Å². The fourth-order valence-electron chi connectivity index (χ4n) is 2.06. The molecule has 0 saturated carbocycles. The van der Waals surface area contributed by atoms with E-state index in [4.69, 9.17) is 0 Å². The molecule has 0 radical (unpaired) electrons. The van der Waals surface area contributed by atoms with E-state index >= 15 is 0 Å². The van der Waals surface area contributed by atoms with E-state index in [1.165, 1.54) is 6.08 Å². The van der Waals surface area contributed by atoms with Gasteiger partial charge >= 0.3 is 0 Å². The average Bonchev–Trinajstić information content (AvgIpc) is 2.76. The lowest BCUT2D eigenvalue weighted by Crippen LogP contribution is -2.09. The minimum absolute atomic E-state index is 0.160. The monoisotopic (exact) mass is 281 g/mol. The van der Waals surface area contributed by atoms with E-state index < -0.39 is 0 Å². The van der Waals surface area contributed by atoms with Crippen LogP contribution in [0.3, 0.4) is 0 Å². The molecule has 1 N–H and O–H groups in total. The van der Waals surface area contributed by atoms with Crippen molar-refractivity contribution in [2.75, 3.05) is 5.32 Å². The van der Waals surface area contributed by atoms with Crippen molar-refractivity contribution in [2.45, 2.75) is 20.8 Å². The molecule has 4 heteroatoms. The third-order valence-electron chi connectivity index (χ3n) is 3.09. The first-order valence-electron chi connectivity index (χ1n) is 6.85. The number of hydrogen-bond donors (Lipinski definition) is 1. The molecule has 0 atom stereocenters. The van der Waals surface area contributed by atoms with Gasteiger partial charge in [0.2, 0.25) is 5.91 Å². The quantitative estimate of drug-likeness (QED) is 0.688. The molecule has 2 aromatic rings. The van der Waals surface area contributed by atoms with Gasteiger partial charge in [-0.1, -0.05) is 36.4 Å². The Labute approximate surface area is 124 Å². The third-order valence-corrected chi connectivity index (χ3v) is 3.09. The number of amides is 1. The number of aryl methyl sites for hydroxylation is 1. The number of anilines is 1. The summed E-state index contributed by atoms with van der Waals surface area (Å²) in [4.78, 5) is 11.9. The van der Waals surface area contributed by atoms with Crippen LogP contribution in [0.25, 0.3) is 5.69 Å². The van der Waals surface area contributed by atoms with Gasteiger partial charge < -0.3 is 5.32 Å². The number of para-hydroxylation sites is 1. The van der Waals surface area contributed by atoms with Gasteiger partial charge in [0.1, 0.15) is 0 Å². The standard InChI is InChI=1S/C17H19N3O/c1-4-5-7-12-16(21)18-17-13(2)19-20(14(17)3)15-10-8-6-9-11-15/h4-12H,1-3H3,(H,18,21)/b5-4+,12-7+. The molecular weight excluding hydrogens is 262 g/mol. The van der Waals surface area contributed by atoms with Crippen molar-refractivity contribution in [1.82, 2.24) is 9.78 Å². The molecule has 1 aromatic carbocycles. The van der Waals surface area contributed by atoms with Crippen LogP contribution >= 0.6 is 0 Å². The van der Waals surface area contributed by atoms with Crippen LogP contribution in [0.5, 0.6) is 0 Å². The highest BCUT2D eigenvalue weighted by Crippen LogP contribution is 2.22. The van der Waals surface area contributed by atoms with Gasteiger partial charge in [0.15, 0.2) is 0 Å². The normalized spacial score (nSPS) is 11.4. The van der Waals surface area contributed by atoms with Crippen LogP contribution in [-0.4, -0.2) is 15.7 Å². The Balaban J connectivity index is 2.26. The molecule has 1 amide bonds. The Morgan fingerprint density at radius 3 is 2.57 bits per heavy atom. The molecule has 0 aliphatic carbocycles. The maximum atomic E-state index is 11.9. The van der Waals surface area contributed by atoms with E-state index in [9.17, 15) is 4.79 Å². The van der Waals surface area contributed by atoms with Gasteiger partial charge in [-0.25, -0.2) is 4.68 Å². The second kappa shape index (κ2) is 6.70. The summed E-state index contributed by atoms with van der Waals surface area (Å²) in [6, 6.07) is 9.85. The van der Waals surface area contributed by atoms with Gasteiger partial charge in [-0.15, -0.1) is 0 Å². The van der Waals surface area contributed by atoms with Crippen molar-refractivity contribution in [1.29, 1.82) is 0 Å². The molecule has 0 fully saturated rings. The minimum atomic E-state index is -0.160. The molecule has 1 heterocycles. The summed E-state index contributed by atoms with van der Waals surface area (Å²) in [5, 5.41) is 7.38. The van der Waals surface area contributed by atoms with Crippen LogP contribution in [-0.2, 0) is 4.79 Å². The number of nitrogens with zero attached hydrogens (tertiary/aromatic N) is 2. The first-order valence-corrected chi connectivity index (χ1v) is 6.85. The summed E-state index contributed by atoms with van der Waals surface area (Å²) in [6.45, 7) is 5.73. The van der Waals surface area contributed by atoms with Crippen LogP contribution in [0.1, 0.15) is 18.3 Å². The summed E-state index contributed by atoms with van der Waals surface area (Å²) in [5.41, 5.74) is 3.44. The first kappa shape index (κ1) is 14.8.